The van der Waals surface area contributed by atoms with Gasteiger partial charge in [0.05, 0.1) is 12.3 Å². The lowest BCUT2D eigenvalue weighted by Crippen LogP contribution is -2.34. The molecular formula is C16H16FN3O2. The number of esters is 1. The van der Waals surface area contributed by atoms with Crippen LogP contribution in [0.4, 0.5) is 15.9 Å². The van der Waals surface area contributed by atoms with Crippen LogP contribution in [0, 0.1) is 5.82 Å². The average molecular weight is 301 g/mol. The van der Waals surface area contributed by atoms with Gasteiger partial charge in [0.2, 0.25) is 0 Å². The van der Waals surface area contributed by atoms with Crippen molar-refractivity contribution in [2.45, 2.75) is 13.1 Å². The number of hydrogen-bond donors (Lipinski definition) is 1. The first-order chi connectivity index (χ1) is 10.7. The monoisotopic (exact) mass is 301 g/mol. The Morgan fingerprint density at radius 3 is 3.05 bits per heavy atom. The predicted octanol–water partition coefficient (Wildman–Crippen LogP) is 2.71. The van der Waals surface area contributed by atoms with Crippen molar-refractivity contribution < 1.29 is 13.9 Å². The number of hydrogen-bond acceptors (Lipinski definition) is 5. The molecule has 0 amide bonds. The second-order valence-corrected chi connectivity index (χ2v) is 4.91. The third kappa shape index (κ3) is 2.72. The molecule has 0 saturated carbocycles. The topological polar surface area (TPSA) is 54.5 Å². The van der Waals surface area contributed by atoms with Gasteiger partial charge in [-0.3, -0.25) is 4.79 Å². The van der Waals surface area contributed by atoms with Gasteiger partial charge in [0, 0.05) is 6.20 Å². The SMILES string of the molecule is CCOC(=O)CN1c2cccnc2NC1c1cccc(F)c1. The van der Waals surface area contributed by atoms with E-state index in [0.717, 1.165) is 11.3 Å². The Kier molecular flexibility index (Phi) is 3.91. The molecule has 1 aromatic carbocycles. The standard InChI is InChI=1S/C16H16FN3O2/c1-2-22-14(21)10-20-13-7-4-8-18-15(13)19-16(20)11-5-3-6-12(17)9-11/h3-9,16H,2,10H2,1H3,(H,18,19). The van der Waals surface area contributed by atoms with Gasteiger partial charge < -0.3 is 15.0 Å². The van der Waals surface area contributed by atoms with Crippen molar-refractivity contribution in [3.8, 4) is 0 Å². The first-order valence-electron chi connectivity index (χ1n) is 7.08. The van der Waals surface area contributed by atoms with E-state index in [0.29, 0.717) is 12.4 Å². The van der Waals surface area contributed by atoms with Crippen molar-refractivity contribution in [3.63, 3.8) is 0 Å². The first kappa shape index (κ1) is 14.3. The minimum absolute atomic E-state index is 0.0702. The van der Waals surface area contributed by atoms with Gasteiger partial charge in [-0.2, -0.15) is 0 Å². The third-order valence-electron chi connectivity index (χ3n) is 3.45. The third-order valence-corrected chi connectivity index (χ3v) is 3.45. The summed E-state index contributed by atoms with van der Waals surface area (Å²) in [6.45, 7) is 2.16. The molecule has 5 nitrogen and oxygen atoms in total. The molecule has 22 heavy (non-hydrogen) atoms. The van der Waals surface area contributed by atoms with Crippen LogP contribution in [0.5, 0.6) is 0 Å². The zero-order chi connectivity index (χ0) is 15.5. The van der Waals surface area contributed by atoms with E-state index in [1.54, 1.807) is 25.3 Å². The summed E-state index contributed by atoms with van der Waals surface area (Å²) in [6, 6.07) is 9.96. The Labute approximate surface area is 127 Å². The van der Waals surface area contributed by atoms with Crippen molar-refractivity contribution in [2.75, 3.05) is 23.4 Å². The highest BCUT2D eigenvalue weighted by atomic mass is 19.1. The van der Waals surface area contributed by atoms with Crippen LogP contribution in [0.25, 0.3) is 0 Å². The van der Waals surface area contributed by atoms with Crippen LogP contribution in [0.2, 0.25) is 0 Å². The van der Waals surface area contributed by atoms with Gasteiger partial charge in [-0.05, 0) is 36.8 Å². The molecule has 1 aliphatic rings. The Bertz CT molecular complexity index is 693. The summed E-state index contributed by atoms with van der Waals surface area (Å²) in [5, 5.41) is 3.22. The maximum atomic E-state index is 13.5. The highest BCUT2D eigenvalue weighted by molar-refractivity contribution is 5.81. The number of anilines is 2. The number of rotatable bonds is 4. The molecular weight excluding hydrogens is 285 g/mol. The number of nitrogens with one attached hydrogen (secondary N) is 1. The van der Waals surface area contributed by atoms with Crippen LogP contribution in [0.15, 0.2) is 42.6 Å². The smallest absolute Gasteiger partial charge is 0.325 e. The lowest BCUT2D eigenvalue weighted by atomic mass is 10.1. The van der Waals surface area contributed by atoms with Crippen molar-refractivity contribution >= 4 is 17.5 Å². The molecule has 1 aliphatic heterocycles. The molecule has 0 radical (unpaired) electrons. The molecule has 1 aromatic heterocycles. The Morgan fingerprint density at radius 1 is 1.41 bits per heavy atom. The summed E-state index contributed by atoms with van der Waals surface area (Å²) in [5.74, 6) is 0.0164. The van der Waals surface area contributed by atoms with E-state index in [9.17, 15) is 9.18 Å². The molecule has 0 saturated heterocycles. The Hall–Kier alpha value is -2.63. The van der Waals surface area contributed by atoms with Gasteiger partial charge in [0.25, 0.3) is 0 Å². The zero-order valence-corrected chi connectivity index (χ0v) is 12.1. The van der Waals surface area contributed by atoms with E-state index < -0.39 is 0 Å². The number of halogens is 1. The number of nitrogens with zero attached hydrogens (tertiary/aromatic N) is 2. The van der Waals surface area contributed by atoms with Gasteiger partial charge in [-0.1, -0.05) is 12.1 Å². The summed E-state index contributed by atoms with van der Waals surface area (Å²) in [7, 11) is 0. The number of ether oxygens (including phenoxy) is 1. The van der Waals surface area contributed by atoms with Crippen molar-refractivity contribution in [1.82, 2.24) is 4.98 Å². The molecule has 6 heteroatoms. The van der Waals surface area contributed by atoms with Crippen LogP contribution >= 0.6 is 0 Å². The van der Waals surface area contributed by atoms with Crippen molar-refractivity contribution in [1.29, 1.82) is 0 Å². The fraction of sp³-hybridized carbons (Fsp3) is 0.250. The first-order valence-corrected chi connectivity index (χ1v) is 7.08. The molecule has 0 spiro atoms. The van der Waals surface area contributed by atoms with Crippen LogP contribution in [0.3, 0.4) is 0 Å². The van der Waals surface area contributed by atoms with Crippen molar-refractivity contribution in [3.05, 3.63) is 54.0 Å². The molecule has 0 bridgehead atoms. The summed E-state index contributed by atoms with van der Waals surface area (Å²) in [6.07, 6.45) is 1.31. The van der Waals surface area contributed by atoms with Crippen molar-refractivity contribution in [2.24, 2.45) is 0 Å². The largest absolute Gasteiger partial charge is 0.465 e. The minimum atomic E-state index is -0.356. The average Bonchev–Trinajstić information content (AvgIpc) is 2.86. The quantitative estimate of drug-likeness (QED) is 0.880. The lowest BCUT2D eigenvalue weighted by molar-refractivity contribution is -0.141. The van der Waals surface area contributed by atoms with Crippen LogP contribution in [-0.2, 0) is 9.53 Å². The number of carbonyl (C=O) groups excluding carboxylic acids is 1. The summed E-state index contributed by atoms with van der Waals surface area (Å²) in [4.78, 5) is 18.0. The van der Waals surface area contributed by atoms with Crippen LogP contribution in [-0.4, -0.2) is 24.1 Å². The number of carbonyl (C=O) groups is 1. The second-order valence-electron chi connectivity index (χ2n) is 4.91. The van der Waals surface area contributed by atoms with E-state index in [1.807, 2.05) is 17.0 Å². The fourth-order valence-corrected chi connectivity index (χ4v) is 2.55. The molecule has 114 valence electrons. The number of fused-ring (bicyclic) bond motifs is 1. The van der Waals surface area contributed by atoms with E-state index in [4.69, 9.17) is 4.74 Å². The molecule has 3 rings (SSSR count). The Balaban J connectivity index is 1.94. The molecule has 1 N–H and O–H groups in total. The van der Waals surface area contributed by atoms with Gasteiger partial charge in [-0.15, -0.1) is 0 Å². The van der Waals surface area contributed by atoms with Crippen LogP contribution < -0.4 is 10.2 Å². The molecule has 2 aromatic rings. The van der Waals surface area contributed by atoms with E-state index >= 15 is 0 Å². The normalized spacial score (nSPS) is 16.1. The van der Waals surface area contributed by atoms with E-state index in [-0.39, 0.29) is 24.5 Å². The van der Waals surface area contributed by atoms with Crippen LogP contribution in [0.1, 0.15) is 18.7 Å². The molecule has 0 fully saturated rings. The number of benzene rings is 1. The summed E-state index contributed by atoms with van der Waals surface area (Å²) >= 11 is 0. The van der Waals surface area contributed by atoms with Gasteiger partial charge >= 0.3 is 5.97 Å². The molecule has 0 aliphatic carbocycles. The minimum Gasteiger partial charge on any atom is -0.465 e. The Morgan fingerprint density at radius 2 is 2.27 bits per heavy atom. The fourth-order valence-electron chi connectivity index (χ4n) is 2.55. The van der Waals surface area contributed by atoms with Gasteiger partial charge in [0.15, 0.2) is 5.82 Å². The summed E-state index contributed by atoms with van der Waals surface area (Å²) in [5.41, 5.74) is 1.52. The predicted molar refractivity (Wildman–Crippen MR) is 81.0 cm³/mol. The summed E-state index contributed by atoms with van der Waals surface area (Å²) < 4.78 is 18.5. The molecule has 2 heterocycles. The highest BCUT2D eigenvalue weighted by Gasteiger charge is 2.32. The number of pyridine rings is 1. The van der Waals surface area contributed by atoms with E-state index in [1.165, 1.54) is 12.1 Å². The van der Waals surface area contributed by atoms with E-state index in [2.05, 4.69) is 10.3 Å². The molecule has 1 atom stereocenters. The second kappa shape index (κ2) is 6.01. The van der Waals surface area contributed by atoms with Gasteiger partial charge in [0.1, 0.15) is 18.5 Å². The highest BCUT2D eigenvalue weighted by Crippen LogP contribution is 2.39. The lowest BCUT2D eigenvalue weighted by Gasteiger charge is -2.26. The maximum Gasteiger partial charge on any atom is 0.325 e. The molecule has 1 unspecified atom stereocenters. The zero-order valence-electron chi connectivity index (χ0n) is 12.1. The maximum absolute atomic E-state index is 13.5. The number of aromatic nitrogens is 1. The van der Waals surface area contributed by atoms with Gasteiger partial charge in [-0.25, -0.2) is 9.37 Å².